The van der Waals surface area contributed by atoms with Crippen LogP contribution in [0.3, 0.4) is 0 Å². The van der Waals surface area contributed by atoms with Crippen LogP contribution in [-0.2, 0) is 10.0 Å². The standard InChI is InChI=1S/C14H22ClNO2S/c1-3-14(9-10-15)16-19(17,18)11-12(2)13-7-5-4-6-8-13/h4-8,12,14,16H,3,9-11H2,1-2H3. The second-order valence-electron chi connectivity index (χ2n) is 4.79. The van der Waals surface area contributed by atoms with Crippen LogP contribution in [0.5, 0.6) is 0 Å². The van der Waals surface area contributed by atoms with Crippen molar-refractivity contribution >= 4 is 21.6 Å². The third-order valence-corrected chi connectivity index (χ3v) is 4.98. The van der Waals surface area contributed by atoms with Crippen LogP contribution in [0.4, 0.5) is 0 Å². The third-order valence-electron chi connectivity index (χ3n) is 3.13. The molecule has 19 heavy (non-hydrogen) atoms. The zero-order chi connectivity index (χ0) is 14.3. The summed E-state index contributed by atoms with van der Waals surface area (Å²) in [5, 5.41) is 0. The molecule has 0 aliphatic rings. The van der Waals surface area contributed by atoms with Gasteiger partial charge < -0.3 is 0 Å². The number of hydrogen-bond donors (Lipinski definition) is 1. The summed E-state index contributed by atoms with van der Waals surface area (Å²) >= 11 is 5.67. The molecule has 0 radical (unpaired) electrons. The average Bonchev–Trinajstić information content (AvgIpc) is 2.38. The zero-order valence-electron chi connectivity index (χ0n) is 11.5. The van der Waals surface area contributed by atoms with E-state index in [-0.39, 0.29) is 17.7 Å². The molecular formula is C14H22ClNO2S. The van der Waals surface area contributed by atoms with Crippen molar-refractivity contribution in [3.8, 4) is 0 Å². The first-order valence-electron chi connectivity index (χ1n) is 6.59. The molecule has 0 spiro atoms. The normalized spacial score (nSPS) is 15.1. The van der Waals surface area contributed by atoms with Crippen LogP contribution in [0.1, 0.15) is 38.2 Å². The summed E-state index contributed by atoms with van der Waals surface area (Å²) in [7, 11) is -3.27. The molecule has 3 nitrogen and oxygen atoms in total. The highest BCUT2D eigenvalue weighted by Crippen LogP contribution is 2.16. The summed E-state index contributed by atoms with van der Waals surface area (Å²) in [6.07, 6.45) is 1.42. The van der Waals surface area contributed by atoms with E-state index in [0.29, 0.717) is 12.3 Å². The van der Waals surface area contributed by atoms with Gasteiger partial charge in [-0.1, -0.05) is 44.2 Å². The van der Waals surface area contributed by atoms with Crippen LogP contribution in [-0.4, -0.2) is 26.1 Å². The molecule has 1 aromatic carbocycles. The van der Waals surface area contributed by atoms with Crippen LogP contribution >= 0.6 is 11.6 Å². The van der Waals surface area contributed by atoms with E-state index in [1.807, 2.05) is 44.2 Å². The van der Waals surface area contributed by atoms with Gasteiger partial charge in [-0.2, -0.15) is 0 Å². The zero-order valence-corrected chi connectivity index (χ0v) is 13.0. The number of halogens is 1. The molecule has 1 rings (SSSR count). The first-order chi connectivity index (χ1) is 8.98. The topological polar surface area (TPSA) is 46.2 Å². The van der Waals surface area contributed by atoms with Gasteiger partial charge in [-0.25, -0.2) is 13.1 Å². The Morgan fingerprint density at radius 3 is 2.42 bits per heavy atom. The summed E-state index contributed by atoms with van der Waals surface area (Å²) in [5.74, 6) is 0.553. The monoisotopic (exact) mass is 303 g/mol. The Morgan fingerprint density at radius 2 is 1.89 bits per heavy atom. The summed E-state index contributed by atoms with van der Waals surface area (Å²) in [5.41, 5.74) is 1.04. The van der Waals surface area contributed by atoms with Crippen LogP contribution < -0.4 is 4.72 Å². The average molecular weight is 304 g/mol. The Hall–Kier alpha value is -0.580. The van der Waals surface area contributed by atoms with Crippen molar-refractivity contribution in [1.29, 1.82) is 0 Å². The Labute approximate surface area is 121 Å². The minimum absolute atomic E-state index is 0.0211. The van der Waals surface area contributed by atoms with Crippen molar-refractivity contribution in [3.63, 3.8) is 0 Å². The highest BCUT2D eigenvalue weighted by Gasteiger charge is 2.20. The van der Waals surface area contributed by atoms with Crippen molar-refractivity contribution in [2.45, 2.75) is 38.6 Å². The molecule has 1 N–H and O–H groups in total. The van der Waals surface area contributed by atoms with Crippen molar-refractivity contribution in [2.24, 2.45) is 0 Å². The number of sulfonamides is 1. The van der Waals surface area contributed by atoms with Gasteiger partial charge in [0, 0.05) is 11.9 Å². The van der Waals surface area contributed by atoms with Crippen LogP contribution in [0.2, 0.25) is 0 Å². The molecule has 0 bridgehead atoms. The van der Waals surface area contributed by atoms with Gasteiger partial charge in [0.25, 0.3) is 0 Å². The first-order valence-corrected chi connectivity index (χ1v) is 8.78. The lowest BCUT2D eigenvalue weighted by Crippen LogP contribution is -2.37. The highest BCUT2D eigenvalue weighted by atomic mass is 35.5. The molecule has 108 valence electrons. The minimum atomic E-state index is -3.27. The third kappa shape index (κ3) is 5.93. The van der Waals surface area contributed by atoms with Crippen molar-refractivity contribution < 1.29 is 8.42 Å². The van der Waals surface area contributed by atoms with Crippen LogP contribution in [0, 0.1) is 0 Å². The van der Waals surface area contributed by atoms with Gasteiger partial charge in [0.1, 0.15) is 0 Å². The lowest BCUT2D eigenvalue weighted by molar-refractivity contribution is 0.528. The molecule has 0 aromatic heterocycles. The SMILES string of the molecule is CCC(CCCl)NS(=O)(=O)CC(C)c1ccccc1. The molecule has 1 aromatic rings. The fourth-order valence-corrected chi connectivity index (χ4v) is 3.99. The van der Waals surface area contributed by atoms with Crippen molar-refractivity contribution in [3.05, 3.63) is 35.9 Å². The van der Waals surface area contributed by atoms with Gasteiger partial charge >= 0.3 is 0 Å². The molecule has 0 heterocycles. The lowest BCUT2D eigenvalue weighted by Gasteiger charge is -2.18. The maximum absolute atomic E-state index is 12.1. The minimum Gasteiger partial charge on any atom is -0.212 e. The molecule has 0 saturated heterocycles. The Bertz CT molecular complexity index is 462. The lowest BCUT2D eigenvalue weighted by atomic mass is 10.0. The highest BCUT2D eigenvalue weighted by molar-refractivity contribution is 7.89. The molecule has 0 saturated carbocycles. The second kappa shape index (κ2) is 7.88. The Morgan fingerprint density at radius 1 is 1.26 bits per heavy atom. The van der Waals surface area contributed by atoms with Gasteiger partial charge in [-0.3, -0.25) is 0 Å². The maximum atomic E-state index is 12.1. The summed E-state index contributed by atoms with van der Waals surface area (Å²) in [6, 6.07) is 9.62. The van der Waals surface area contributed by atoms with Gasteiger partial charge in [-0.05, 0) is 24.3 Å². The predicted octanol–water partition coefficient (Wildman–Crippen LogP) is 3.12. The van der Waals surface area contributed by atoms with E-state index in [4.69, 9.17) is 11.6 Å². The number of hydrogen-bond acceptors (Lipinski definition) is 2. The van der Waals surface area contributed by atoms with Crippen molar-refractivity contribution in [1.82, 2.24) is 4.72 Å². The first kappa shape index (κ1) is 16.5. The molecular weight excluding hydrogens is 282 g/mol. The Kier molecular flexibility index (Phi) is 6.83. The summed E-state index contributed by atoms with van der Waals surface area (Å²) in [6.45, 7) is 3.89. The largest absolute Gasteiger partial charge is 0.212 e. The van der Waals surface area contributed by atoms with Gasteiger partial charge in [0.15, 0.2) is 0 Å². The number of benzene rings is 1. The fourth-order valence-electron chi connectivity index (χ4n) is 1.99. The number of alkyl halides is 1. The number of rotatable bonds is 8. The van der Waals surface area contributed by atoms with E-state index >= 15 is 0 Å². The molecule has 0 aliphatic heterocycles. The fraction of sp³-hybridized carbons (Fsp3) is 0.571. The van der Waals surface area contributed by atoms with E-state index in [1.54, 1.807) is 0 Å². The number of nitrogens with one attached hydrogen (secondary N) is 1. The van der Waals surface area contributed by atoms with Gasteiger partial charge in [0.2, 0.25) is 10.0 Å². The molecule has 0 fully saturated rings. The maximum Gasteiger partial charge on any atom is 0.212 e. The predicted molar refractivity (Wildman–Crippen MR) is 81.2 cm³/mol. The Balaban J connectivity index is 2.64. The molecule has 0 amide bonds. The van der Waals surface area contributed by atoms with E-state index in [2.05, 4.69) is 4.72 Å². The van der Waals surface area contributed by atoms with Crippen molar-refractivity contribution in [2.75, 3.05) is 11.6 Å². The smallest absolute Gasteiger partial charge is 0.212 e. The van der Waals surface area contributed by atoms with E-state index in [9.17, 15) is 8.42 Å². The van der Waals surface area contributed by atoms with E-state index in [1.165, 1.54) is 0 Å². The van der Waals surface area contributed by atoms with Gasteiger partial charge in [-0.15, -0.1) is 11.6 Å². The summed E-state index contributed by atoms with van der Waals surface area (Å²) in [4.78, 5) is 0. The van der Waals surface area contributed by atoms with E-state index < -0.39 is 10.0 Å². The molecule has 2 atom stereocenters. The summed E-state index contributed by atoms with van der Waals surface area (Å²) < 4.78 is 26.9. The second-order valence-corrected chi connectivity index (χ2v) is 6.97. The van der Waals surface area contributed by atoms with Gasteiger partial charge in [0.05, 0.1) is 5.75 Å². The van der Waals surface area contributed by atoms with E-state index in [0.717, 1.165) is 12.0 Å². The molecule has 0 aliphatic carbocycles. The van der Waals surface area contributed by atoms with Crippen LogP contribution in [0.15, 0.2) is 30.3 Å². The van der Waals surface area contributed by atoms with Crippen LogP contribution in [0.25, 0.3) is 0 Å². The molecule has 2 unspecified atom stereocenters. The quantitative estimate of drug-likeness (QED) is 0.750. The molecule has 5 heteroatoms.